The van der Waals surface area contributed by atoms with Crippen molar-refractivity contribution < 1.29 is 9.05 Å². The molecule has 80 valence electrons. The summed E-state index contributed by atoms with van der Waals surface area (Å²) >= 11 is 0. The third kappa shape index (κ3) is 9.66. The van der Waals surface area contributed by atoms with E-state index in [1.54, 1.807) is 0 Å². The van der Waals surface area contributed by atoms with E-state index in [1.165, 1.54) is 5.56 Å². The predicted octanol–water partition coefficient (Wildman–Crippen LogP) is 3.56. The van der Waals surface area contributed by atoms with E-state index in [0.717, 1.165) is 13.2 Å². The maximum Gasteiger partial charge on any atom is 0.155 e. The molecule has 0 bridgehead atoms. The topological polar surface area (TPSA) is 18.5 Å². The van der Waals surface area contributed by atoms with Gasteiger partial charge in [-0.1, -0.05) is 35.9 Å². The molecule has 0 amide bonds. The maximum atomic E-state index is 4.88. The summed E-state index contributed by atoms with van der Waals surface area (Å²) in [6.45, 7) is 7.48. The summed E-state index contributed by atoms with van der Waals surface area (Å²) in [6.07, 6.45) is 0. The van der Waals surface area contributed by atoms with Crippen molar-refractivity contribution in [1.29, 1.82) is 0 Å². The van der Waals surface area contributed by atoms with Gasteiger partial charge in [-0.25, -0.2) is 0 Å². The molecule has 0 aromatic heterocycles. The van der Waals surface area contributed by atoms with Crippen LogP contribution < -0.4 is 0 Å². The molecule has 0 atom stereocenters. The van der Waals surface area contributed by atoms with Crippen molar-refractivity contribution in [2.24, 2.45) is 0 Å². The standard InChI is InChI=1S/C7H8.C4H11O2P/c1-7-5-3-2-4-6-7;1-3-5-7-6-4-2/h2-6H,1H3;7H,3-4H2,1-2H3. The molecule has 2 nitrogen and oxygen atoms in total. The van der Waals surface area contributed by atoms with Crippen molar-refractivity contribution in [1.82, 2.24) is 0 Å². The van der Waals surface area contributed by atoms with Crippen molar-refractivity contribution >= 4 is 9.03 Å². The van der Waals surface area contributed by atoms with Crippen LogP contribution in [0.25, 0.3) is 0 Å². The van der Waals surface area contributed by atoms with Crippen LogP contribution in [-0.2, 0) is 9.05 Å². The van der Waals surface area contributed by atoms with Gasteiger partial charge in [0.05, 0.1) is 13.2 Å². The average molecular weight is 214 g/mol. The Balaban J connectivity index is 0.000000241. The van der Waals surface area contributed by atoms with E-state index >= 15 is 0 Å². The number of hydrogen-bond acceptors (Lipinski definition) is 2. The van der Waals surface area contributed by atoms with Gasteiger partial charge in [-0.05, 0) is 20.8 Å². The van der Waals surface area contributed by atoms with Crippen LogP contribution in [0.1, 0.15) is 19.4 Å². The van der Waals surface area contributed by atoms with Crippen LogP contribution in [0.4, 0.5) is 0 Å². The summed E-state index contributed by atoms with van der Waals surface area (Å²) in [5, 5.41) is 0. The van der Waals surface area contributed by atoms with Gasteiger partial charge in [0.2, 0.25) is 0 Å². The zero-order valence-electron chi connectivity index (χ0n) is 9.12. The van der Waals surface area contributed by atoms with E-state index < -0.39 is 0 Å². The van der Waals surface area contributed by atoms with E-state index in [-0.39, 0.29) is 9.03 Å². The minimum absolute atomic E-state index is 0.232. The van der Waals surface area contributed by atoms with Crippen LogP contribution in [0.5, 0.6) is 0 Å². The Bertz CT molecular complexity index is 198. The first-order valence-corrected chi connectivity index (χ1v) is 5.63. The summed E-state index contributed by atoms with van der Waals surface area (Å²) < 4.78 is 9.76. The maximum absolute atomic E-state index is 4.88. The second-order valence-corrected chi connectivity index (χ2v) is 3.35. The third-order valence-electron chi connectivity index (χ3n) is 1.35. The van der Waals surface area contributed by atoms with Gasteiger partial charge in [0.15, 0.2) is 9.03 Å². The molecule has 0 aliphatic heterocycles. The summed E-state index contributed by atoms with van der Waals surface area (Å²) in [6, 6.07) is 10.3. The highest BCUT2D eigenvalue weighted by Gasteiger charge is 1.77. The molecule has 1 aromatic carbocycles. The van der Waals surface area contributed by atoms with Gasteiger partial charge in [0.25, 0.3) is 0 Å². The zero-order valence-corrected chi connectivity index (χ0v) is 10.1. The lowest BCUT2D eigenvalue weighted by molar-refractivity contribution is 0.288. The normalized spacial score (nSPS) is 9.07. The second-order valence-electron chi connectivity index (χ2n) is 2.60. The van der Waals surface area contributed by atoms with Gasteiger partial charge < -0.3 is 9.05 Å². The molecule has 0 saturated carbocycles. The smallest absolute Gasteiger partial charge is 0.155 e. The number of hydrogen-bond donors (Lipinski definition) is 0. The second kappa shape index (κ2) is 10.6. The first-order valence-electron chi connectivity index (χ1n) is 4.81. The van der Waals surface area contributed by atoms with E-state index in [2.05, 4.69) is 19.1 Å². The van der Waals surface area contributed by atoms with Crippen LogP contribution in [0.15, 0.2) is 30.3 Å². The molecule has 0 aliphatic rings. The van der Waals surface area contributed by atoms with Gasteiger partial charge in [0, 0.05) is 0 Å². The first-order chi connectivity index (χ1) is 6.81. The minimum atomic E-state index is 0.232. The average Bonchev–Trinajstić information content (AvgIpc) is 2.21. The summed E-state index contributed by atoms with van der Waals surface area (Å²) in [7, 11) is 0.232. The van der Waals surface area contributed by atoms with Crippen LogP contribution in [0.2, 0.25) is 0 Å². The molecule has 0 unspecified atom stereocenters. The lowest BCUT2D eigenvalue weighted by Gasteiger charge is -1.96. The van der Waals surface area contributed by atoms with Crippen molar-refractivity contribution in [2.75, 3.05) is 13.2 Å². The van der Waals surface area contributed by atoms with Gasteiger partial charge >= 0.3 is 0 Å². The molecule has 1 rings (SSSR count). The molecule has 3 heteroatoms. The summed E-state index contributed by atoms with van der Waals surface area (Å²) in [5.74, 6) is 0. The van der Waals surface area contributed by atoms with Crippen LogP contribution in [0, 0.1) is 6.92 Å². The minimum Gasteiger partial charge on any atom is -0.337 e. The third-order valence-corrected chi connectivity index (χ3v) is 2.16. The molecule has 0 aliphatic carbocycles. The summed E-state index contributed by atoms with van der Waals surface area (Å²) in [5.41, 5.74) is 1.32. The van der Waals surface area contributed by atoms with E-state index in [9.17, 15) is 0 Å². The van der Waals surface area contributed by atoms with Crippen LogP contribution >= 0.6 is 9.03 Å². The number of rotatable bonds is 4. The molecule has 0 saturated heterocycles. The highest BCUT2D eigenvalue weighted by molar-refractivity contribution is 7.26. The highest BCUT2D eigenvalue weighted by atomic mass is 31.1. The lowest BCUT2D eigenvalue weighted by atomic mass is 10.2. The Kier molecular flexibility index (Phi) is 10.3. The Hall–Kier alpha value is -0.430. The van der Waals surface area contributed by atoms with Gasteiger partial charge in [-0.15, -0.1) is 0 Å². The predicted molar refractivity (Wildman–Crippen MR) is 62.7 cm³/mol. The number of benzene rings is 1. The Labute approximate surface area is 88.6 Å². The van der Waals surface area contributed by atoms with Crippen molar-refractivity contribution in [2.45, 2.75) is 20.8 Å². The lowest BCUT2D eigenvalue weighted by Crippen LogP contribution is -1.78. The molecule has 0 heterocycles. The van der Waals surface area contributed by atoms with E-state index in [0.29, 0.717) is 0 Å². The van der Waals surface area contributed by atoms with Crippen molar-refractivity contribution in [3.63, 3.8) is 0 Å². The van der Waals surface area contributed by atoms with Crippen LogP contribution in [0.3, 0.4) is 0 Å². The SMILES string of the molecule is CCOPOCC.Cc1ccccc1. The Morgan fingerprint density at radius 1 is 1.00 bits per heavy atom. The van der Waals surface area contributed by atoms with Gasteiger partial charge in [0.1, 0.15) is 0 Å². The largest absolute Gasteiger partial charge is 0.337 e. The van der Waals surface area contributed by atoms with E-state index in [4.69, 9.17) is 9.05 Å². The van der Waals surface area contributed by atoms with Crippen molar-refractivity contribution in [3.8, 4) is 0 Å². The fourth-order valence-electron chi connectivity index (χ4n) is 0.694. The quantitative estimate of drug-likeness (QED) is 0.563. The fraction of sp³-hybridized carbons (Fsp3) is 0.455. The Morgan fingerprint density at radius 2 is 1.50 bits per heavy atom. The summed E-state index contributed by atoms with van der Waals surface area (Å²) in [4.78, 5) is 0. The van der Waals surface area contributed by atoms with Crippen LogP contribution in [-0.4, -0.2) is 13.2 Å². The molecule has 0 fully saturated rings. The molecule has 0 spiro atoms. The monoisotopic (exact) mass is 214 g/mol. The van der Waals surface area contributed by atoms with Crippen molar-refractivity contribution in [3.05, 3.63) is 35.9 Å². The van der Waals surface area contributed by atoms with Gasteiger partial charge in [-0.2, -0.15) is 0 Å². The van der Waals surface area contributed by atoms with Gasteiger partial charge in [-0.3, -0.25) is 0 Å². The van der Waals surface area contributed by atoms with E-state index in [1.807, 2.05) is 32.0 Å². The molecule has 0 N–H and O–H groups in total. The molecule has 1 aromatic rings. The fourth-order valence-corrected chi connectivity index (χ4v) is 1.01. The zero-order chi connectivity index (χ0) is 10.6. The number of aryl methyl sites for hydroxylation is 1. The Morgan fingerprint density at radius 3 is 1.79 bits per heavy atom. The molecule has 0 radical (unpaired) electrons. The molecular formula is C11H19O2P. The molecule has 14 heavy (non-hydrogen) atoms. The first kappa shape index (κ1) is 13.6. The molecular weight excluding hydrogens is 195 g/mol. The highest BCUT2D eigenvalue weighted by Crippen LogP contribution is 2.10.